The second kappa shape index (κ2) is 5.43. The van der Waals surface area contributed by atoms with Crippen molar-refractivity contribution in [1.29, 1.82) is 5.26 Å². The van der Waals surface area contributed by atoms with Gasteiger partial charge in [-0.05, 0) is 13.0 Å². The molecule has 0 saturated carbocycles. The van der Waals surface area contributed by atoms with Crippen LogP contribution in [-0.4, -0.2) is 23.1 Å². The lowest BCUT2D eigenvalue weighted by Crippen LogP contribution is -2.56. The van der Waals surface area contributed by atoms with Crippen LogP contribution >= 0.6 is 0 Å². The van der Waals surface area contributed by atoms with Crippen molar-refractivity contribution in [2.45, 2.75) is 37.0 Å². The highest BCUT2D eigenvalue weighted by atomic mass is 19.4. The van der Waals surface area contributed by atoms with Crippen LogP contribution in [0.4, 0.5) is 30.7 Å². The van der Waals surface area contributed by atoms with Crippen molar-refractivity contribution in [2.75, 3.05) is 0 Å². The molecule has 122 valence electrons. The van der Waals surface area contributed by atoms with E-state index in [0.717, 1.165) is 12.1 Å². The fourth-order valence-corrected chi connectivity index (χ4v) is 1.98. The standard InChI is InChI=1S/C13H10F7NO/c1-10(22,9-5-3-2-4-8(9)6-21)7-11(14,12(15,16)17)13(18,19)20/h2-5,22H,7H2,1H3. The Morgan fingerprint density at radius 3 is 1.86 bits per heavy atom. The van der Waals surface area contributed by atoms with Gasteiger partial charge in [0.1, 0.15) is 0 Å². The predicted molar refractivity (Wildman–Crippen MR) is 61.3 cm³/mol. The summed E-state index contributed by atoms with van der Waals surface area (Å²) in [5.74, 6) is 0. The van der Waals surface area contributed by atoms with Crippen LogP contribution in [0.15, 0.2) is 24.3 Å². The first-order chi connectivity index (χ1) is 9.76. The summed E-state index contributed by atoms with van der Waals surface area (Å²) in [6.45, 7) is 0.592. The molecule has 0 aromatic heterocycles. The summed E-state index contributed by atoms with van der Waals surface area (Å²) < 4.78 is 89.1. The molecule has 0 aliphatic carbocycles. The molecule has 2 nitrogen and oxygen atoms in total. The molecule has 0 aliphatic rings. The minimum atomic E-state index is -6.27. The molecule has 1 unspecified atom stereocenters. The molecular formula is C13H10F7NO. The van der Waals surface area contributed by atoms with Gasteiger partial charge in [0.2, 0.25) is 0 Å². The van der Waals surface area contributed by atoms with E-state index in [4.69, 9.17) is 5.26 Å². The van der Waals surface area contributed by atoms with E-state index >= 15 is 0 Å². The van der Waals surface area contributed by atoms with E-state index < -0.39 is 35.6 Å². The Hall–Kier alpha value is -1.82. The lowest BCUT2D eigenvalue weighted by Gasteiger charge is -2.36. The largest absolute Gasteiger partial charge is 0.431 e. The zero-order valence-corrected chi connectivity index (χ0v) is 11.1. The summed E-state index contributed by atoms with van der Waals surface area (Å²) in [6.07, 6.45) is -14.8. The monoisotopic (exact) mass is 329 g/mol. The van der Waals surface area contributed by atoms with E-state index in [2.05, 4.69) is 0 Å². The smallest absolute Gasteiger partial charge is 0.385 e. The highest BCUT2D eigenvalue weighted by Crippen LogP contribution is 2.52. The van der Waals surface area contributed by atoms with Gasteiger partial charge >= 0.3 is 18.0 Å². The fourth-order valence-electron chi connectivity index (χ4n) is 1.98. The number of hydrogen-bond acceptors (Lipinski definition) is 2. The molecule has 0 heterocycles. The highest BCUT2D eigenvalue weighted by molar-refractivity contribution is 5.41. The maximum atomic E-state index is 13.7. The van der Waals surface area contributed by atoms with Crippen LogP contribution in [-0.2, 0) is 5.60 Å². The van der Waals surface area contributed by atoms with Crippen LogP contribution in [0, 0.1) is 11.3 Å². The zero-order valence-electron chi connectivity index (χ0n) is 11.1. The van der Waals surface area contributed by atoms with Gasteiger partial charge in [0.25, 0.3) is 0 Å². The van der Waals surface area contributed by atoms with E-state index in [9.17, 15) is 35.8 Å². The van der Waals surface area contributed by atoms with Gasteiger partial charge in [-0.15, -0.1) is 0 Å². The van der Waals surface area contributed by atoms with Gasteiger partial charge in [-0.25, -0.2) is 4.39 Å². The molecule has 0 bridgehead atoms. The Bertz CT molecular complexity index is 569. The summed E-state index contributed by atoms with van der Waals surface area (Å²) >= 11 is 0. The topological polar surface area (TPSA) is 44.0 Å². The molecule has 1 rings (SSSR count). The molecule has 0 aliphatic heterocycles. The molecule has 1 atom stereocenters. The molecule has 0 fully saturated rings. The molecule has 1 aromatic rings. The van der Waals surface area contributed by atoms with Crippen molar-refractivity contribution in [3.8, 4) is 6.07 Å². The Morgan fingerprint density at radius 1 is 1.00 bits per heavy atom. The minimum Gasteiger partial charge on any atom is -0.385 e. The van der Waals surface area contributed by atoms with Crippen LogP contribution in [0.25, 0.3) is 0 Å². The maximum Gasteiger partial charge on any atom is 0.431 e. The van der Waals surface area contributed by atoms with Gasteiger partial charge in [0, 0.05) is 12.0 Å². The summed E-state index contributed by atoms with van der Waals surface area (Å²) in [6, 6.07) is 6.07. The van der Waals surface area contributed by atoms with Crippen molar-refractivity contribution in [3.63, 3.8) is 0 Å². The first kappa shape index (κ1) is 18.2. The Labute approximate surface area is 120 Å². The van der Waals surface area contributed by atoms with Crippen LogP contribution in [0.1, 0.15) is 24.5 Å². The first-order valence-electron chi connectivity index (χ1n) is 5.80. The molecule has 22 heavy (non-hydrogen) atoms. The minimum absolute atomic E-state index is 0.348. The van der Waals surface area contributed by atoms with E-state index in [0.29, 0.717) is 6.92 Å². The normalized spacial score (nSPS) is 16.0. The highest BCUT2D eigenvalue weighted by Gasteiger charge is 2.73. The SMILES string of the molecule is CC(O)(CC(F)(C(F)(F)F)C(F)(F)F)c1ccccc1C#N. The lowest BCUT2D eigenvalue weighted by atomic mass is 9.81. The number of benzene rings is 1. The molecule has 0 radical (unpaired) electrons. The average Bonchev–Trinajstić information content (AvgIpc) is 2.35. The second-order valence-corrected chi connectivity index (χ2v) is 4.90. The third kappa shape index (κ3) is 3.16. The Morgan fingerprint density at radius 2 is 1.45 bits per heavy atom. The molecule has 1 N–H and O–H groups in total. The van der Waals surface area contributed by atoms with Gasteiger partial charge in [-0.2, -0.15) is 31.6 Å². The number of hydrogen-bond donors (Lipinski definition) is 1. The second-order valence-electron chi connectivity index (χ2n) is 4.90. The molecule has 1 aromatic carbocycles. The number of alkyl halides is 7. The molecule has 9 heteroatoms. The van der Waals surface area contributed by atoms with E-state index in [-0.39, 0.29) is 5.56 Å². The lowest BCUT2D eigenvalue weighted by molar-refractivity contribution is -0.352. The van der Waals surface area contributed by atoms with E-state index in [1.807, 2.05) is 0 Å². The van der Waals surface area contributed by atoms with Crippen LogP contribution in [0.2, 0.25) is 0 Å². The number of halogens is 7. The van der Waals surface area contributed by atoms with Gasteiger partial charge in [-0.3, -0.25) is 0 Å². The van der Waals surface area contributed by atoms with Crippen molar-refractivity contribution < 1.29 is 35.8 Å². The van der Waals surface area contributed by atoms with E-state index in [1.165, 1.54) is 18.2 Å². The summed E-state index contributed by atoms with van der Waals surface area (Å²) in [5, 5.41) is 18.8. The Kier molecular flexibility index (Phi) is 4.50. The van der Waals surface area contributed by atoms with Gasteiger partial charge < -0.3 is 5.11 Å². The number of nitriles is 1. The van der Waals surface area contributed by atoms with Crippen molar-refractivity contribution in [3.05, 3.63) is 35.4 Å². The van der Waals surface area contributed by atoms with E-state index in [1.54, 1.807) is 0 Å². The molecular weight excluding hydrogens is 319 g/mol. The number of rotatable bonds is 3. The molecule has 0 amide bonds. The van der Waals surface area contributed by atoms with Crippen LogP contribution in [0.5, 0.6) is 0 Å². The third-order valence-electron chi connectivity index (χ3n) is 3.11. The quantitative estimate of drug-likeness (QED) is 0.852. The fraction of sp³-hybridized carbons (Fsp3) is 0.462. The maximum absolute atomic E-state index is 13.7. The summed E-state index contributed by atoms with van der Waals surface area (Å²) in [7, 11) is 0. The number of nitrogens with zero attached hydrogens (tertiary/aromatic N) is 1. The number of aliphatic hydroxyl groups is 1. The Balaban J connectivity index is 3.38. The van der Waals surface area contributed by atoms with Crippen LogP contribution in [0.3, 0.4) is 0 Å². The summed E-state index contributed by atoms with van der Waals surface area (Å²) in [4.78, 5) is 0. The molecule has 0 spiro atoms. The third-order valence-corrected chi connectivity index (χ3v) is 3.11. The van der Waals surface area contributed by atoms with Gasteiger partial charge in [0.05, 0.1) is 17.2 Å². The van der Waals surface area contributed by atoms with Crippen molar-refractivity contribution >= 4 is 0 Å². The van der Waals surface area contributed by atoms with Gasteiger partial charge in [0.15, 0.2) is 0 Å². The average molecular weight is 329 g/mol. The van der Waals surface area contributed by atoms with Crippen molar-refractivity contribution in [2.24, 2.45) is 0 Å². The van der Waals surface area contributed by atoms with Gasteiger partial charge in [-0.1, -0.05) is 18.2 Å². The van der Waals surface area contributed by atoms with Crippen LogP contribution < -0.4 is 0 Å². The first-order valence-corrected chi connectivity index (χ1v) is 5.80. The molecule has 0 saturated heterocycles. The zero-order chi connectivity index (χ0) is 17.4. The predicted octanol–water partition coefficient (Wildman–Crippen LogP) is 3.99. The summed E-state index contributed by atoms with van der Waals surface area (Å²) in [5.41, 5.74) is -9.33. The van der Waals surface area contributed by atoms with Crippen molar-refractivity contribution in [1.82, 2.24) is 0 Å².